The van der Waals surface area contributed by atoms with Crippen LogP contribution in [-0.4, -0.2) is 24.2 Å². The van der Waals surface area contributed by atoms with Gasteiger partial charge in [0.2, 0.25) is 0 Å². The standard InChI is InChI=1S/C23H19Cl2N3O4/c1-32-16-9-6-14(7-10-16)13-26-21(29)23(31)17-4-2-3-5-20(17)27-22(30)28(23)15-8-11-18(24)19(25)12-15/h2-12,31H,13H2,1H3,(H,26,29)(H,27,30)/t23-/m1/s1. The number of nitrogens with one attached hydrogen (secondary N) is 2. The zero-order valence-electron chi connectivity index (χ0n) is 16.9. The highest BCUT2D eigenvalue weighted by molar-refractivity contribution is 6.42. The minimum absolute atomic E-state index is 0.129. The Morgan fingerprint density at radius 3 is 2.50 bits per heavy atom. The highest BCUT2D eigenvalue weighted by atomic mass is 35.5. The molecule has 0 bridgehead atoms. The Kier molecular flexibility index (Phi) is 5.97. The summed E-state index contributed by atoms with van der Waals surface area (Å²) in [7, 11) is 1.56. The summed E-state index contributed by atoms with van der Waals surface area (Å²) < 4.78 is 5.14. The van der Waals surface area contributed by atoms with Gasteiger partial charge in [-0.2, -0.15) is 0 Å². The number of halogens is 2. The molecule has 3 aromatic rings. The van der Waals surface area contributed by atoms with E-state index >= 15 is 0 Å². The molecular weight excluding hydrogens is 453 g/mol. The largest absolute Gasteiger partial charge is 0.497 e. The molecule has 1 atom stereocenters. The van der Waals surface area contributed by atoms with Crippen LogP contribution >= 0.6 is 23.2 Å². The average molecular weight is 472 g/mol. The lowest BCUT2D eigenvalue weighted by molar-refractivity contribution is -0.140. The maximum Gasteiger partial charge on any atom is 0.329 e. The van der Waals surface area contributed by atoms with Gasteiger partial charge >= 0.3 is 6.03 Å². The summed E-state index contributed by atoms with van der Waals surface area (Å²) in [5, 5.41) is 17.6. The lowest BCUT2D eigenvalue weighted by atomic mass is 9.94. The number of ether oxygens (including phenoxy) is 1. The monoisotopic (exact) mass is 471 g/mol. The number of hydrogen-bond acceptors (Lipinski definition) is 4. The van der Waals surface area contributed by atoms with Crippen LogP contribution in [-0.2, 0) is 17.1 Å². The first kappa shape index (κ1) is 22.0. The van der Waals surface area contributed by atoms with E-state index < -0.39 is 17.7 Å². The van der Waals surface area contributed by atoms with E-state index in [2.05, 4.69) is 10.6 Å². The van der Waals surface area contributed by atoms with Crippen molar-refractivity contribution in [2.75, 3.05) is 17.3 Å². The molecule has 3 aromatic carbocycles. The Balaban J connectivity index is 1.73. The number of methoxy groups -OCH3 is 1. The third-order valence-electron chi connectivity index (χ3n) is 5.16. The van der Waals surface area contributed by atoms with Crippen LogP contribution in [0.1, 0.15) is 11.1 Å². The minimum Gasteiger partial charge on any atom is -0.497 e. The van der Waals surface area contributed by atoms with Crippen LogP contribution in [0.3, 0.4) is 0 Å². The normalized spacial score (nSPS) is 17.4. The van der Waals surface area contributed by atoms with E-state index in [1.54, 1.807) is 55.6 Å². The Hall–Kier alpha value is -3.26. The van der Waals surface area contributed by atoms with Gasteiger partial charge in [-0.15, -0.1) is 0 Å². The van der Waals surface area contributed by atoms with E-state index in [-0.39, 0.29) is 27.8 Å². The molecule has 1 aliphatic heterocycles. The molecule has 0 saturated heterocycles. The second-order valence-corrected chi connectivity index (χ2v) is 7.93. The van der Waals surface area contributed by atoms with E-state index in [1.807, 2.05) is 0 Å². The number of carbonyl (C=O) groups excluding carboxylic acids is 2. The number of hydrogen-bond donors (Lipinski definition) is 3. The molecule has 1 aliphatic rings. The van der Waals surface area contributed by atoms with E-state index in [4.69, 9.17) is 27.9 Å². The van der Waals surface area contributed by atoms with Crippen LogP contribution in [0.4, 0.5) is 16.2 Å². The van der Waals surface area contributed by atoms with Crippen molar-refractivity contribution < 1.29 is 19.4 Å². The van der Waals surface area contributed by atoms with Gasteiger partial charge in [0, 0.05) is 12.1 Å². The van der Waals surface area contributed by atoms with Crippen LogP contribution in [0.25, 0.3) is 0 Å². The zero-order chi connectivity index (χ0) is 22.9. The number of benzene rings is 3. The number of nitrogens with zero attached hydrogens (tertiary/aromatic N) is 1. The minimum atomic E-state index is -2.33. The Bertz CT molecular complexity index is 1190. The fourth-order valence-corrected chi connectivity index (χ4v) is 3.83. The third kappa shape index (κ3) is 3.86. The van der Waals surface area contributed by atoms with Crippen LogP contribution in [0.2, 0.25) is 10.0 Å². The summed E-state index contributed by atoms with van der Waals surface area (Å²) in [6.07, 6.45) is 0. The Labute approximate surface area is 194 Å². The molecule has 0 unspecified atom stereocenters. The first-order chi connectivity index (χ1) is 15.3. The van der Waals surface area contributed by atoms with Gasteiger partial charge in [0.15, 0.2) is 0 Å². The summed E-state index contributed by atoms with van der Waals surface area (Å²) in [5.74, 6) is -0.0935. The average Bonchev–Trinajstić information content (AvgIpc) is 2.80. The fraction of sp³-hybridized carbons (Fsp3) is 0.130. The fourth-order valence-electron chi connectivity index (χ4n) is 3.54. The summed E-state index contributed by atoms with van der Waals surface area (Å²) in [5.41, 5.74) is -0.789. The number of urea groups is 1. The van der Waals surface area contributed by atoms with Crippen molar-refractivity contribution in [1.29, 1.82) is 0 Å². The van der Waals surface area contributed by atoms with Gasteiger partial charge in [-0.05, 0) is 42.0 Å². The SMILES string of the molecule is COc1ccc(CNC(=O)[C@]2(O)c3ccccc3NC(=O)N2c2ccc(Cl)c(Cl)c2)cc1. The topological polar surface area (TPSA) is 90.9 Å². The van der Waals surface area contributed by atoms with E-state index in [0.29, 0.717) is 11.4 Å². The van der Waals surface area contributed by atoms with E-state index in [0.717, 1.165) is 10.5 Å². The number of amides is 3. The zero-order valence-corrected chi connectivity index (χ0v) is 18.4. The molecule has 0 saturated carbocycles. The molecule has 0 radical (unpaired) electrons. The van der Waals surface area contributed by atoms with Crippen molar-refractivity contribution in [3.63, 3.8) is 0 Å². The van der Waals surface area contributed by atoms with E-state index in [1.165, 1.54) is 18.2 Å². The molecule has 3 N–H and O–H groups in total. The molecule has 0 aromatic heterocycles. The number of fused-ring (bicyclic) bond motifs is 1. The maximum absolute atomic E-state index is 13.4. The van der Waals surface area contributed by atoms with Crippen molar-refractivity contribution in [2.45, 2.75) is 12.3 Å². The number of para-hydroxylation sites is 1. The lowest BCUT2D eigenvalue weighted by Crippen LogP contribution is -2.62. The molecule has 7 nitrogen and oxygen atoms in total. The van der Waals surface area contributed by atoms with Gasteiger partial charge in [-0.3, -0.25) is 9.69 Å². The molecule has 0 spiro atoms. The van der Waals surface area contributed by atoms with Crippen molar-refractivity contribution in [2.24, 2.45) is 0 Å². The van der Waals surface area contributed by atoms with Gasteiger partial charge in [0.05, 0.1) is 28.5 Å². The Morgan fingerprint density at radius 1 is 1.09 bits per heavy atom. The first-order valence-electron chi connectivity index (χ1n) is 9.64. The van der Waals surface area contributed by atoms with Crippen LogP contribution in [0.15, 0.2) is 66.7 Å². The van der Waals surface area contributed by atoms with Gasteiger partial charge < -0.3 is 20.5 Å². The second-order valence-electron chi connectivity index (χ2n) is 7.11. The smallest absolute Gasteiger partial charge is 0.329 e. The van der Waals surface area contributed by atoms with Crippen molar-refractivity contribution >= 4 is 46.5 Å². The van der Waals surface area contributed by atoms with Gasteiger partial charge in [0.25, 0.3) is 11.6 Å². The summed E-state index contributed by atoms with van der Waals surface area (Å²) in [4.78, 5) is 27.4. The molecule has 164 valence electrons. The maximum atomic E-state index is 13.4. The summed E-state index contributed by atoms with van der Waals surface area (Å²) in [6, 6.07) is 17.4. The summed E-state index contributed by atoms with van der Waals surface area (Å²) >= 11 is 12.1. The lowest BCUT2D eigenvalue weighted by Gasteiger charge is -2.42. The van der Waals surface area contributed by atoms with Crippen LogP contribution in [0.5, 0.6) is 5.75 Å². The molecule has 0 fully saturated rings. The number of anilines is 2. The quantitative estimate of drug-likeness (QED) is 0.510. The second kappa shape index (κ2) is 8.70. The molecular formula is C23H19Cl2N3O4. The van der Waals surface area contributed by atoms with E-state index in [9.17, 15) is 14.7 Å². The third-order valence-corrected chi connectivity index (χ3v) is 5.90. The predicted molar refractivity (Wildman–Crippen MR) is 123 cm³/mol. The molecule has 32 heavy (non-hydrogen) atoms. The number of rotatable bonds is 5. The molecule has 9 heteroatoms. The predicted octanol–water partition coefficient (Wildman–Crippen LogP) is 4.52. The Morgan fingerprint density at radius 2 is 1.81 bits per heavy atom. The van der Waals surface area contributed by atoms with Crippen molar-refractivity contribution in [3.05, 3.63) is 87.9 Å². The van der Waals surface area contributed by atoms with Gasteiger partial charge in [-0.25, -0.2) is 4.79 Å². The summed E-state index contributed by atoms with van der Waals surface area (Å²) in [6.45, 7) is 0.129. The number of carbonyl (C=O) groups is 2. The van der Waals surface area contributed by atoms with Crippen LogP contribution < -0.4 is 20.3 Å². The molecule has 4 rings (SSSR count). The van der Waals surface area contributed by atoms with Crippen molar-refractivity contribution in [1.82, 2.24) is 5.32 Å². The molecule has 0 aliphatic carbocycles. The first-order valence-corrected chi connectivity index (χ1v) is 10.4. The molecule has 1 heterocycles. The van der Waals surface area contributed by atoms with Gasteiger partial charge in [-0.1, -0.05) is 53.5 Å². The van der Waals surface area contributed by atoms with Crippen LogP contribution in [0, 0.1) is 0 Å². The number of aliphatic hydroxyl groups is 1. The highest BCUT2D eigenvalue weighted by Gasteiger charge is 2.51. The highest BCUT2D eigenvalue weighted by Crippen LogP contribution is 2.41. The van der Waals surface area contributed by atoms with Gasteiger partial charge in [0.1, 0.15) is 5.75 Å². The molecule has 3 amide bonds. The van der Waals surface area contributed by atoms with Crippen molar-refractivity contribution in [3.8, 4) is 5.75 Å².